The first-order chi connectivity index (χ1) is 11.6. The fourth-order valence-electron chi connectivity index (χ4n) is 3.84. The highest BCUT2D eigenvalue weighted by Crippen LogP contribution is 2.55. The minimum atomic E-state index is -1.26. The van der Waals surface area contributed by atoms with Crippen LogP contribution in [0.25, 0.3) is 10.8 Å². The van der Waals surface area contributed by atoms with Gasteiger partial charge in [-0.25, -0.2) is 0 Å². The van der Waals surface area contributed by atoms with E-state index in [1.807, 2.05) is 20.8 Å². The molecule has 2 aromatic carbocycles. The number of fused-ring (bicyclic) bond motifs is 2. The molecule has 0 unspecified atom stereocenters. The van der Waals surface area contributed by atoms with Crippen LogP contribution in [0.4, 0.5) is 0 Å². The second-order valence-electron chi connectivity index (χ2n) is 7.23. The van der Waals surface area contributed by atoms with Crippen LogP contribution in [0.3, 0.4) is 0 Å². The molecule has 0 saturated heterocycles. The summed E-state index contributed by atoms with van der Waals surface area (Å²) in [4.78, 5) is 36.9. The summed E-state index contributed by atoms with van der Waals surface area (Å²) >= 11 is 0. The number of rotatable bonds is 0. The maximum absolute atomic E-state index is 12.5. The van der Waals surface area contributed by atoms with E-state index in [1.54, 1.807) is 6.92 Å². The Morgan fingerprint density at radius 2 is 1.60 bits per heavy atom. The quantitative estimate of drug-likeness (QED) is 0.715. The Morgan fingerprint density at radius 1 is 1.00 bits per heavy atom. The lowest BCUT2D eigenvalue weighted by atomic mass is 9.75. The molecule has 6 nitrogen and oxygen atoms in total. The summed E-state index contributed by atoms with van der Waals surface area (Å²) in [6.45, 7) is 7.31. The molecule has 0 amide bonds. The molecule has 6 heteroatoms. The van der Waals surface area contributed by atoms with Crippen molar-refractivity contribution >= 4 is 28.1 Å². The molecular weight excluding hydrogens is 324 g/mol. The number of benzene rings is 2. The number of Topliss-reactive ketones (excluding diaryl/α,β-unsaturated/α-hetero) is 3. The van der Waals surface area contributed by atoms with Crippen LogP contribution in [-0.2, 0) is 10.2 Å². The summed E-state index contributed by atoms with van der Waals surface area (Å²) in [6, 6.07) is 1.37. The number of aryl methyl sites for hydroxylation is 1. The maximum Gasteiger partial charge on any atom is 0.274 e. The number of carbonyl (C=O) groups excluding carboxylic acids is 3. The van der Waals surface area contributed by atoms with Crippen molar-refractivity contribution in [2.75, 3.05) is 0 Å². The second-order valence-corrected chi connectivity index (χ2v) is 7.23. The molecule has 0 saturated carbocycles. The Hall–Kier alpha value is -2.89. The first-order valence-electron chi connectivity index (χ1n) is 7.94. The van der Waals surface area contributed by atoms with Gasteiger partial charge < -0.3 is 14.9 Å². The minimum absolute atomic E-state index is 0.0910. The van der Waals surface area contributed by atoms with E-state index in [-0.39, 0.29) is 34.1 Å². The Morgan fingerprint density at radius 3 is 2.24 bits per heavy atom. The molecule has 0 aromatic heterocycles. The van der Waals surface area contributed by atoms with Gasteiger partial charge in [0, 0.05) is 21.8 Å². The van der Waals surface area contributed by atoms with Gasteiger partial charge >= 0.3 is 0 Å². The van der Waals surface area contributed by atoms with E-state index >= 15 is 0 Å². The Labute approximate surface area is 143 Å². The Kier molecular flexibility index (Phi) is 2.74. The summed E-state index contributed by atoms with van der Waals surface area (Å²) in [6.07, 6.45) is -0.286. The molecule has 0 fully saturated rings. The van der Waals surface area contributed by atoms with E-state index < -0.39 is 22.8 Å². The standard InChI is InChI=1S/C19H16O6/c1-6-5-8(20)10-11-9(6)18-13(19(3,4)7(2)25-18)14(21)12(11)16(23)17(24)15(10)22/h5,7,20-21H,1-4H3/t7-/m0/s1. The van der Waals surface area contributed by atoms with Crippen molar-refractivity contribution in [3.8, 4) is 17.2 Å². The molecule has 1 aliphatic carbocycles. The van der Waals surface area contributed by atoms with E-state index in [0.29, 0.717) is 22.3 Å². The summed E-state index contributed by atoms with van der Waals surface area (Å²) in [5.74, 6) is -3.72. The predicted molar refractivity (Wildman–Crippen MR) is 88.8 cm³/mol. The lowest BCUT2D eigenvalue weighted by Crippen LogP contribution is -2.31. The molecule has 2 N–H and O–H groups in total. The molecule has 0 spiro atoms. The van der Waals surface area contributed by atoms with Gasteiger partial charge in [-0.15, -0.1) is 0 Å². The number of hydrogen-bond acceptors (Lipinski definition) is 6. The van der Waals surface area contributed by atoms with Gasteiger partial charge in [0.2, 0.25) is 11.6 Å². The molecule has 128 valence electrons. The zero-order chi connectivity index (χ0) is 18.4. The van der Waals surface area contributed by atoms with Crippen LogP contribution in [0.1, 0.15) is 52.6 Å². The van der Waals surface area contributed by atoms with Gasteiger partial charge in [-0.3, -0.25) is 14.4 Å². The summed E-state index contributed by atoms with van der Waals surface area (Å²) < 4.78 is 5.96. The van der Waals surface area contributed by atoms with Crippen molar-refractivity contribution in [1.29, 1.82) is 0 Å². The maximum atomic E-state index is 12.5. The third kappa shape index (κ3) is 1.61. The monoisotopic (exact) mass is 340 g/mol. The zero-order valence-corrected chi connectivity index (χ0v) is 14.2. The Balaban J connectivity index is 2.34. The van der Waals surface area contributed by atoms with Crippen molar-refractivity contribution in [2.45, 2.75) is 39.2 Å². The van der Waals surface area contributed by atoms with E-state index in [0.717, 1.165) is 0 Å². The lowest BCUT2D eigenvalue weighted by molar-refractivity contribution is -0.111. The molecule has 0 bridgehead atoms. The fourth-order valence-corrected chi connectivity index (χ4v) is 3.84. The number of ether oxygens (including phenoxy) is 1. The molecule has 2 aromatic rings. The topological polar surface area (TPSA) is 101 Å². The fraction of sp³-hybridized carbons (Fsp3) is 0.316. The summed E-state index contributed by atoms with van der Waals surface area (Å²) in [5.41, 5.74) is -0.0388. The van der Waals surface area contributed by atoms with Gasteiger partial charge in [-0.2, -0.15) is 0 Å². The average molecular weight is 340 g/mol. The molecule has 4 rings (SSSR count). The number of hydrogen-bond donors (Lipinski definition) is 2. The second kappa shape index (κ2) is 4.39. The zero-order valence-electron chi connectivity index (χ0n) is 14.2. The van der Waals surface area contributed by atoms with E-state index in [4.69, 9.17) is 4.74 Å². The first kappa shape index (κ1) is 15.6. The van der Waals surface area contributed by atoms with Crippen LogP contribution in [0.2, 0.25) is 0 Å². The molecule has 25 heavy (non-hydrogen) atoms. The van der Waals surface area contributed by atoms with Gasteiger partial charge in [-0.1, -0.05) is 13.8 Å². The van der Waals surface area contributed by atoms with E-state index in [1.165, 1.54) is 6.07 Å². The molecule has 1 heterocycles. The van der Waals surface area contributed by atoms with Crippen molar-refractivity contribution in [1.82, 2.24) is 0 Å². The predicted octanol–water partition coefficient (Wildman–Crippen LogP) is 2.57. The number of phenols is 2. The van der Waals surface area contributed by atoms with Gasteiger partial charge in [0.25, 0.3) is 5.78 Å². The van der Waals surface area contributed by atoms with Crippen molar-refractivity contribution in [3.05, 3.63) is 28.3 Å². The summed E-state index contributed by atoms with van der Waals surface area (Å²) in [7, 11) is 0. The highest BCUT2D eigenvalue weighted by Gasteiger charge is 2.48. The SMILES string of the molecule is Cc1cc(O)c2c3c(c(O)c4c(c13)O[C@@H](C)C4(C)C)C(=O)C(=O)C2=O. The minimum Gasteiger partial charge on any atom is -0.507 e. The Bertz CT molecular complexity index is 1040. The largest absolute Gasteiger partial charge is 0.507 e. The van der Waals surface area contributed by atoms with Crippen molar-refractivity contribution in [2.24, 2.45) is 0 Å². The van der Waals surface area contributed by atoms with E-state index in [2.05, 4.69) is 0 Å². The van der Waals surface area contributed by atoms with Crippen LogP contribution >= 0.6 is 0 Å². The highest BCUT2D eigenvalue weighted by molar-refractivity contribution is 6.74. The van der Waals surface area contributed by atoms with Crippen molar-refractivity contribution in [3.63, 3.8) is 0 Å². The number of phenolic OH excluding ortho intramolecular Hbond substituents is 2. The van der Waals surface area contributed by atoms with Gasteiger partial charge in [0.05, 0.1) is 11.1 Å². The van der Waals surface area contributed by atoms with Crippen LogP contribution in [0.5, 0.6) is 17.2 Å². The van der Waals surface area contributed by atoms with Gasteiger partial charge in [-0.05, 0) is 25.5 Å². The summed E-state index contributed by atoms with van der Waals surface area (Å²) in [5, 5.41) is 21.6. The third-order valence-electron chi connectivity index (χ3n) is 5.50. The normalized spacial score (nSPS) is 20.8. The molecular formula is C19H16O6. The molecule has 0 radical (unpaired) electrons. The highest BCUT2D eigenvalue weighted by atomic mass is 16.5. The molecule has 1 atom stereocenters. The number of ketones is 3. The molecule has 1 aliphatic heterocycles. The molecule has 2 aliphatic rings. The van der Waals surface area contributed by atoms with Gasteiger partial charge in [0.1, 0.15) is 23.4 Å². The van der Waals surface area contributed by atoms with E-state index in [9.17, 15) is 24.6 Å². The van der Waals surface area contributed by atoms with Gasteiger partial charge in [0.15, 0.2) is 0 Å². The van der Waals surface area contributed by atoms with Crippen LogP contribution in [0, 0.1) is 6.92 Å². The average Bonchev–Trinajstić information content (AvgIpc) is 2.74. The van der Waals surface area contributed by atoms with Crippen LogP contribution in [0.15, 0.2) is 6.07 Å². The van der Waals surface area contributed by atoms with Crippen molar-refractivity contribution < 1.29 is 29.3 Å². The number of carbonyl (C=O) groups is 3. The first-order valence-corrected chi connectivity index (χ1v) is 7.94. The third-order valence-corrected chi connectivity index (χ3v) is 5.50. The number of aromatic hydroxyl groups is 2. The lowest BCUT2D eigenvalue weighted by Gasteiger charge is -2.25. The van der Waals surface area contributed by atoms with Crippen LogP contribution in [-0.4, -0.2) is 33.7 Å². The van der Waals surface area contributed by atoms with Crippen LogP contribution < -0.4 is 4.74 Å². The smallest absolute Gasteiger partial charge is 0.274 e.